The summed E-state index contributed by atoms with van der Waals surface area (Å²) in [6.45, 7) is 7.32. The zero-order valence-electron chi connectivity index (χ0n) is 18.1. The van der Waals surface area contributed by atoms with Gasteiger partial charge in [-0.2, -0.15) is 13.2 Å². The SMILES string of the molecule is CC(C)(C)OC(=O)NC(Cc1cccc(C(F)(F)F)c1)C(=O)O.NC(=O)N1CCOCC1. The molecule has 0 spiro atoms. The third-order valence-corrected chi connectivity index (χ3v) is 4.01. The molecule has 32 heavy (non-hydrogen) atoms. The number of nitrogens with zero attached hydrogens (tertiary/aromatic N) is 1. The molecule has 0 radical (unpaired) electrons. The van der Waals surface area contributed by atoms with E-state index in [0.29, 0.717) is 26.3 Å². The number of alkyl halides is 3. The Morgan fingerprint density at radius 2 is 1.81 bits per heavy atom. The monoisotopic (exact) mass is 463 g/mol. The quantitative estimate of drug-likeness (QED) is 0.629. The first kappa shape index (κ1) is 27.0. The van der Waals surface area contributed by atoms with E-state index in [0.717, 1.165) is 12.1 Å². The predicted octanol–water partition coefficient (Wildman–Crippen LogP) is 2.62. The van der Waals surface area contributed by atoms with Crippen molar-refractivity contribution in [2.24, 2.45) is 5.73 Å². The van der Waals surface area contributed by atoms with Crippen LogP contribution >= 0.6 is 0 Å². The summed E-state index contributed by atoms with van der Waals surface area (Å²) in [6.07, 6.45) is -5.76. The topological polar surface area (TPSA) is 131 Å². The van der Waals surface area contributed by atoms with E-state index in [-0.39, 0.29) is 18.0 Å². The summed E-state index contributed by atoms with van der Waals surface area (Å²) in [7, 11) is 0. The first-order valence-electron chi connectivity index (χ1n) is 9.69. The summed E-state index contributed by atoms with van der Waals surface area (Å²) < 4.78 is 47.9. The summed E-state index contributed by atoms with van der Waals surface area (Å²) in [5.74, 6) is -1.37. The number of halogens is 3. The van der Waals surface area contributed by atoms with E-state index >= 15 is 0 Å². The molecule has 1 aromatic carbocycles. The first-order valence-corrected chi connectivity index (χ1v) is 9.69. The number of nitrogens with two attached hydrogens (primary N) is 1. The summed E-state index contributed by atoms with van der Waals surface area (Å²) >= 11 is 0. The molecule has 1 saturated heterocycles. The van der Waals surface area contributed by atoms with Gasteiger partial charge in [-0.05, 0) is 32.4 Å². The van der Waals surface area contributed by atoms with Gasteiger partial charge in [0.2, 0.25) is 0 Å². The number of amides is 3. The second-order valence-electron chi connectivity index (χ2n) is 7.88. The maximum absolute atomic E-state index is 12.7. The third-order valence-electron chi connectivity index (χ3n) is 4.01. The van der Waals surface area contributed by atoms with Crippen LogP contribution in [0.3, 0.4) is 0 Å². The molecule has 1 heterocycles. The smallest absolute Gasteiger partial charge is 0.416 e. The Morgan fingerprint density at radius 3 is 2.25 bits per heavy atom. The highest BCUT2D eigenvalue weighted by atomic mass is 19.4. The molecular weight excluding hydrogens is 435 g/mol. The van der Waals surface area contributed by atoms with Crippen LogP contribution in [0.5, 0.6) is 0 Å². The molecule has 1 fully saturated rings. The number of carboxylic acid groups (broad SMARTS) is 1. The van der Waals surface area contributed by atoms with E-state index in [2.05, 4.69) is 5.32 Å². The maximum Gasteiger partial charge on any atom is 0.416 e. The van der Waals surface area contributed by atoms with Crippen LogP contribution in [0.1, 0.15) is 31.9 Å². The summed E-state index contributed by atoms with van der Waals surface area (Å²) in [4.78, 5) is 34.8. The van der Waals surface area contributed by atoms with Gasteiger partial charge in [-0.15, -0.1) is 0 Å². The molecule has 0 aromatic heterocycles. The van der Waals surface area contributed by atoms with Crippen molar-refractivity contribution in [2.75, 3.05) is 26.3 Å². The molecular formula is C20H28F3N3O6. The van der Waals surface area contributed by atoms with E-state index in [1.807, 2.05) is 0 Å². The minimum atomic E-state index is -4.52. The molecule has 1 aliphatic heterocycles. The van der Waals surface area contributed by atoms with E-state index in [1.165, 1.54) is 12.1 Å². The number of morpholine rings is 1. The molecule has 1 aromatic rings. The molecule has 0 bridgehead atoms. The Morgan fingerprint density at radius 1 is 1.22 bits per heavy atom. The minimum absolute atomic E-state index is 0.142. The highest BCUT2D eigenvalue weighted by Crippen LogP contribution is 2.29. The van der Waals surface area contributed by atoms with E-state index in [9.17, 15) is 27.6 Å². The average Bonchev–Trinajstić information content (AvgIpc) is 2.66. The van der Waals surface area contributed by atoms with Crippen LogP contribution in [0.2, 0.25) is 0 Å². The number of carboxylic acids is 1. The molecule has 0 saturated carbocycles. The molecule has 1 atom stereocenters. The summed E-state index contributed by atoms with van der Waals surface area (Å²) in [5.41, 5.74) is 3.45. The van der Waals surface area contributed by atoms with Gasteiger partial charge in [-0.1, -0.05) is 18.2 Å². The number of ether oxygens (including phenoxy) is 2. The van der Waals surface area contributed by atoms with Crippen molar-refractivity contribution in [3.63, 3.8) is 0 Å². The van der Waals surface area contributed by atoms with Crippen molar-refractivity contribution in [3.05, 3.63) is 35.4 Å². The van der Waals surface area contributed by atoms with E-state index in [4.69, 9.17) is 20.3 Å². The molecule has 4 N–H and O–H groups in total. The zero-order valence-corrected chi connectivity index (χ0v) is 18.1. The Balaban J connectivity index is 0.000000471. The molecule has 12 heteroatoms. The average molecular weight is 463 g/mol. The van der Waals surface area contributed by atoms with Gasteiger partial charge >= 0.3 is 24.3 Å². The van der Waals surface area contributed by atoms with Crippen LogP contribution in [0.15, 0.2) is 24.3 Å². The molecule has 9 nitrogen and oxygen atoms in total. The van der Waals surface area contributed by atoms with Crippen LogP contribution in [-0.2, 0) is 26.9 Å². The second-order valence-corrected chi connectivity index (χ2v) is 7.88. The number of alkyl carbamates (subject to hydrolysis) is 1. The normalized spacial score (nSPS) is 15.1. The van der Waals surface area contributed by atoms with Gasteiger partial charge in [0.25, 0.3) is 0 Å². The van der Waals surface area contributed by atoms with Gasteiger partial charge in [-0.25, -0.2) is 14.4 Å². The number of urea groups is 1. The number of hydrogen-bond donors (Lipinski definition) is 3. The Bertz CT molecular complexity index is 790. The zero-order chi connectivity index (χ0) is 24.5. The van der Waals surface area contributed by atoms with Crippen LogP contribution < -0.4 is 11.1 Å². The van der Waals surface area contributed by atoms with E-state index < -0.39 is 35.4 Å². The van der Waals surface area contributed by atoms with Crippen molar-refractivity contribution in [1.82, 2.24) is 10.2 Å². The van der Waals surface area contributed by atoms with Crippen LogP contribution in [0, 0.1) is 0 Å². The minimum Gasteiger partial charge on any atom is -0.480 e. The third kappa shape index (κ3) is 10.3. The van der Waals surface area contributed by atoms with Gasteiger partial charge in [0.05, 0.1) is 18.8 Å². The van der Waals surface area contributed by atoms with Gasteiger partial charge in [0.1, 0.15) is 11.6 Å². The molecule has 1 unspecified atom stereocenters. The lowest BCUT2D eigenvalue weighted by Crippen LogP contribution is -2.44. The number of nitrogens with one attached hydrogen (secondary N) is 1. The Labute approximate surface area is 183 Å². The highest BCUT2D eigenvalue weighted by Gasteiger charge is 2.31. The fraction of sp³-hybridized carbons (Fsp3) is 0.550. The fourth-order valence-electron chi connectivity index (χ4n) is 2.54. The molecule has 2 rings (SSSR count). The van der Waals surface area contributed by atoms with Gasteiger partial charge < -0.3 is 30.5 Å². The molecule has 3 amide bonds. The van der Waals surface area contributed by atoms with Gasteiger partial charge in [0, 0.05) is 19.5 Å². The number of aliphatic carboxylic acids is 1. The second kappa shape index (κ2) is 11.6. The number of hydrogen-bond acceptors (Lipinski definition) is 5. The maximum atomic E-state index is 12.7. The fourth-order valence-corrected chi connectivity index (χ4v) is 2.54. The molecule has 1 aliphatic rings. The lowest BCUT2D eigenvalue weighted by Gasteiger charge is -2.24. The number of carbonyl (C=O) groups excluding carboxylic acids is 2. The van der Waals surface area contributed by atoms with Crippen molar-refractivity contribution < 1.29 is 42.1 Å². The van der Waals surface area contributed by atoms with E-state index in [1.54, 1.807) is 25.7 Å². The largest absolute Gasteiger partial charge is 0.480 e. The number of benzene rings is 1. The number of rotatable bonds is 4. The van der Waals surface area contributed by atoms with Gasteiger partial charge in [-0.3, -0.25) is 0 Å². The van der Waals surface area contributed by atoms with Crippen molar-refractivity contribution in [3.8, 4) is 0 Å². The lowest BCUT2D eigenvalue weighted by molar-refractivity contribution is -0.139. The molecule has 0 aliphatic carbocycles. The Hall–Kier alpha value is -3.02. The van der Waals surface area contributed by atoms with Crippen LogP contribution in [-0.4, -0.2) is 66.0 Å². The summed E-state index contributed by atoms with van der Waals surface area (Å²) in [6, 6.07) is 2.55. The van der Waals surface area contributed by atoms with Crippen molar-refractivity contribution in [1.29, 1.82) is 0 Å². The van der Waals surface area contributed by atoms with Crippen molar-refractivity contribution in [2.45, 2.75) is 45.0 Å². The van der Waals surface area contributed by atoms with Gasteiger partial charge in [0.15, 0.2) is 0 Å². The van der Waals surface area contributed by atoms with Crippen molar-refractivity contribution >= 4 is 18.1 Å². The predicted molar refractivity (Wildman–Crippen MR) is 108 cm³/mol. The highest BCUT2D eigenvalue weighted by molar-refractivity contribution is 5.80. The standard InChI is InChI=1S/C15H18F3NO4.C5H10N2O2/c1-14(2,3)23-13(22)19-11(12(20)21)8-9-5-4-6-10(7-9)15(16,17)18;6-5(8)7-1-3-9-4-2-7/h4-7,11H,8H2,1-3H3,(H,19,22)(H,20,21);1-4H2,(H2,6,8). The van der Waals surface area contributed by atoms with Crippen LogP contribution in [0.25, 0.3) is 0 Å². The van der Waals surface area contributed by atoms with Crippen LogP contribution in [0.4, 0.5) is 22.8 Å². The Kier molecular flexibility index (Phi) is 9.76. The summed E-state index contributed by atoms with van der Waals surface area (Å²) in [5, 5.41) is 11.3. The number of carbonyl (C=O) groups is 3. The first-order chi connectivity index (χ1) is 14.7. The molecule has 180 valence electrons. The number of primary amides is 1. The lowest BCUT2D eigenvalue weighted by atomic mass is 10.0.